The molecule has 0 bridgehead atoms. The molecule has 1 unspecified atom stereocenters. The molecule has 0 aromatic rings. The SMILES string of the molecule is CNCC1CCCN(S(=O)(=O)N(CC2CC2)C2CC2)C1. The third-order valence-electron chi connectivity index (χ3n) is 4.69. The van der Waals surface area contributed by atoms with E-state index < -0.39 is 10.2 Å². The van der Waals surface area contributed by atoms with Crippen LogP contribution in [0.25, 0.3) is 0 Å². The van der Waals surface area contributed by atoms with Crippen LogP contribution in [0.15, 0.2) is 0 Å². The second-order valence-electron chi connectivity index (χ2n) is 6.68. The molecule has 2 saturated carbocycles. The Morgan fingerprint density at radius 3 is 2.50 bits per heavy atom. The first-order valence-corrected chi connectivity index (χ1v) is 9.42. The average Bonchev–Trinajstić information content (AvgIpc) is 3.29. The van der Waals surface area contributed by atoms with E-state index in [-0.39, 0.29) is 0 Å². The summed E-state index contributed by atoms with van der Waals surface area (Å²) in [7, 11) is -1.29. The smallest absolute Gasteiger partial charge is 0.282 e. The first-order chi connectivity index (χ1) is 9.61. The first kappa shape index (κ1) is 14.8. The van der Waals surface area contributed by atoms with Crippen LogP contribution in [0.1, 0.15) is 38.5 Å². The fourth-order valence-corrected chi connectivity index (χ4v) is 5.23. The van der Waals surface area contributed by atoms with Crippen LogP contribution in [0.4, 0.5) is 0 Å². The average molecular weight is 301 g/mol. The van der Waals surface area contributed by atoms with Crippen LogP contribution in [0.3, 0.4) is 0 Å². The Morgan fingerprint density at radius 1 is 1.15 bits per heavy atom. The van der Waals surface area contributed by atoms with Crippen LogP contribution in [-0.4, -0.2) is 56.3 Å². The summed E-state index contributed by atoms with van der Waals surface area (Å²) in [5, 5.41) is 3.18. The topological polar surface area (TPSA) is 52.7 Å². The van der Waals surface area contributed by atoms with Crippen LogP contribution in [0, 0.1) is 11.8 Å². The highest BCUT2D eigenvalue weighted by Crippen LogP contribution is 2.37. The largest absolute Gasteiger partial charge is 0.319 e. The maximum atomic E-state index is 12.9. The number of nitrogens with zero attached hydrogens (tertiary/aromatic N) is 2. The van der Waals surface area contributed by atoms with Gasteiger partial charge < -0.3 is 5.32 Å². The molecule has 20 heavy (non-hydrogen) atoms. The van der Waals surface area contributed by atoms with Crippen molar-refractivity contribution in [3.05, 3.63) is 0 Å². The number of hydrogen-bond donors (Lipinski definition) is 1. The van der Waals surface area contributed by atoms with E-state index in [9.17, 15) is 8.42 Å². The molecule has 1 saturated heterocycles. The van der Waals surface area contributed by atoms with Gasteiger partial charge in [-0.25, -0.2) is 0 Å². The highest BCUT2D eigenvalue weighted by atomic mass is 32.2. The van der Waals surface area contributed by atoms with Crippen molar-refractivity contribution in [3.8, 4) is 0 Å². The lowest BCUT2D eigenvalue weighted by Gasteiger charge is -2.35. The molecule has 6 heteroatoms. The standard InChI is InChI=1S/C14H27N3O2S/c1-15-9-13-3-2-8-16(10-13)20(18,19)17(14-6-7-14)11-12-4-5-12/h12-15H,2-11H2,1H3. The minimum atomic E-state index is -3.23. The van der Waals surface area contributed by atoms with E-state index in [2.05, 4.69) is 5.32 Å². The van der Waals surface area contributed by atoms with Gasteiger partial charge in [0.25, 0.3) is 10.2 Å². The van der Waals surface area contributed by atoms with Crippen molar-refractivity contribution in [1.29, 1.82) is 0 Å². The van der Waals surface area contributed by atoms with E-state index in [0.717, 1.165) is 38.8 Å². The van der Waals surface area contributed by atoms with E-state index >= 15 is 0 Å². The van der Waals surface area contributed by atoms with Gasteiger partial charge >= 0.3 is 0 Å². The van der Waals surface area contributed by atoms with Gasteiger partial charge in [-0.05, 0) is 64.0 Å². The zero-order valence-electron chi connectivity index (χ0n) is 12.4. The molecule has 3 rings (SSSR count). The van der Waals surface area contributed by atoms with Crippen LogP contribution in [0.2, 0.25) is 0 Å². The predicted molar refractivity (Wildman–Crippen MR) is 79.6 cm³/mol. The Balaban J connectivity index is 1.68. The summed E-state index contributed by atoms with van der Waals surface area (Å²) in [6.07, 6.45) is 6.66. The van der Waals surface area contributed by atoms with Gasteiger partial charge in [0.2, 0.25) is 0 Å². The number of piperidine rings is 1. The molecule has 5 nitrogen and oxygen atoms in total. The second-order valence-corrected chi connectivity index (χ2v) is 8.56. The molecule has 2 aliphatic carbocycles. The van der Waals surface area contributed by atoms with E-state index in [0.29, 0.717) is 31.0 Å². The highest BCUT2D eigenvalue weighted by Gasteiger charge is 2.43. The van der Waals surface area contributed by atoms with Gasteiger partial charge in [-0.2, -0.15) is 17.0 Å². The minimum Gasteiger partial charge on any atom is -0.319 e. The van der Waals surface area contributed by atoms with E-state index in [1.165, 1.54) is 12.8 Å². The maximum absolute atomic E-state index is 12.9. The molecular weight excluding hydrogens is 274 g/mol. The quantitative estimate of drug-likeness (QED) is 0.764. The van der Waals surface area contributed by atoms with Crippen molar-refractivity contribution in [2.24, 2.45) is 11.8 Å². The summed E-state index contributed by atoms with van der Waals surface area (Å²) in [5.41, 5.74) is 0. The molecule has 1 N–H and O–H groups in total. The van der Waals surface area contributed by atoms with Gasteiger partial charge in [0, 0.05) is 25.7 Å². The van der Waals surface area contributed by atoms with Crippen molar-refractivity contribution in [1.82, 2.24) is 13.9 Å². The fraction of sp³-hybridized carbons (Fsp3) is 1.00. The Morgan fingerprint density at radius 2 is 1.90 bits per heavy atom. The van der Waals surface area contributed by atoms with Gasteiger partial charge in [0.05, 0.1) is 0 Å². The zero-order valence-corrected chi connectivity index (χ0v) is 13.2. The minimum absolute atomic E-state index is 0.297. The summed E-state index contributed by atoms with van der Waals surface area (Å²) >= 11 is 0. The lowest BCUT2D eigenvalue weighted by Crippen LogP contribution is -2.50. The zero-order chi connectivity index (χ0) is 14.2. The van der Waals surface area contributed by atoms with Crippen LogP contribution in [-0.2, 0) is 10.2 Å². The van der Waals surface area contributed by atoms with Crippen molar-refractivity contribution < 1.29 is 8.42 Å². The molecule has 0 spiro atoms. The van der Waals surface area contributed by atoms with E-state index in [1.807, 2.05) is 11.4 Å². The molecule has 0 amide bonds. The molecule has 0 aromatic heterocycles. The van der Waals surface area contributed by atoms with Gasteiger partial charge in [-0.15, -0.1) is 0 Å². The maximum Gasteiger partial charge on any atom is 0.282 e. The molecule has 1 aliphatic heterocycles. The molecular formula is C14H27N3O2S. The van der Waals surface area contributed by atoms with Crippen LogP contribution >= 0.6 is 0 Å². The normalized spacial score (nSPS) is 29.0. The van der Waals surface area contributed by atoms with Crippen LogP contribution < -0.4 is 5.32 Å². The fourth-order valence-electron chi connectivity index (χ4n) is 3.19. The molecule has 1 heterocycles. The van der Waals surface area contributed by atoms with Crippen LogP contribution in [0.5, 0.6) is 0 Å². The van der Waals surface area contributed by atoms with Gasteiger partial charge in [-0.3, -0.25) is 0 Å². The van der Waals surface area contributed by atoms with E-state index in [4.69, 9.17) is 0 Å². The molecule has 1 atom stereocenters. The van der Waals surface area contributed by atoms with Gasteiger partial charge in [0.1, 0.15) is 0 Å². The molecule has 116 valence electrons. The Hall–Kier alpha value is -0.170. The van der Waals surface area contributed by atoms with E-state index in [1.54, 1.807) is 4.31 Å². The molecule has 0 aromatic carbocycles. The summed E-state index contributed by atoms with van der Waals surface area (Å²) in [6.45, 7) is 3.08. The summed E-state index contributed by atoms with van der Waals surface area (Å²) in [4.78, 5) is 0. The van der Waals surface area contributed by atoms with Gasteiger partial charge in [0.15, 0.2) is 0 Å². The third kappa shape index (κ3) is 3.35. The summed E-state index contributed by atoms with van der Waals surface area (Å²) in [6, 6.07) is 0.297. The van der Waals surface area contributed by atoms with Crippen molar-refractivity contribution in [2.45, 2.75) is 44.6 Å². The lowest BCUT2D eigenvalue weighted by atomic mass is 10.00. The summed E-state index contributed by atoms with van der Waals surface area (Å²) < 4.78 is 29.4. The second kappa shape index (κ2) is 5.91. The number of nitrogens with one attached hydrogen (secondary N) is 1. The first-order valence-electron chi connectivity index (χ1n) is 8.02. The third-order valence-corrected chi connectivity index (χ3v) is 6.71. The molecule has 3 fully saturated rings. The number of rotatable bonds is 7. The van der Waals surface area contributed by atoms with Crippen molar-refractivity contribution in [3.63, 3.8) is 0 Å². The van der Waals surface area contributed by atoms with Crippen molar-refractivity contribution in [2.75, 3.05) is 33.2 Å². The van der Waals surface area contributed by atoms with Gasteiger partial charge in [-0.1, -0.05) is 0 Å². The monoisotopic (exact) mass is 301 g/mol. The number of hydrogen-bond acceptors (Lipinski definition) is 3. The van der Waals surface area contributed by atoms with Crippen molar-refractivity contribution >= 4 is 10.2 Å². The Bertz CT molecular complexity index is 430. The summed E-state index contributed by atoms with van der Waals surface area (Å²) in [5.74, 6) is 1.09. The Labute approximate surface area is 122 Å². The molecule has 0 radical (unpaired) electrons. The Kier molecular flexibility index (Phi) is 4.36. The molecule has 3 aliphatic rings. The predicted octanol–water partition coefficient (Wildman–Crippen LogP) is 1.04. The highest BCUT2D eigenvalue weighted by molar-refractivity contribution is 7.86. The lowest BCUT2D eigenvalue weighted by molar-refractivity contribution is 0.240.